The van der Waals surface area contributed by atoms with Gasteiger partial charge in [-0.25, -0.2) is 4.98 Å². The molecule has 4 heterocycles. The lowest BCUT2D eigenvalue weighted by atomic mass is 10.1. The van der Waals surface area contributed by atoms with E-state index < -0.39 is 0 Å². The second kappa shape index (κ2) is 6.86. The van der Waals surface area contributed by atoms with Gasteiger partial charge in [0.25, 0.3) is 0 Å². The summed E-state index contributed by atoms with van der Waals surface area (Å²) < 4.78 is 16.3. The fourth-order valence-corrected chi connectivity index (χ4v) is 3.66. The minimum atomic E-state index is 0.220. The highest BCUT2D eigenvalue weighted by Gasteiger charge is 2.36. The van der Waals surface area contributed by atoms with Crippen molar-refractivity contribution in [2.75, 3.05) is 26.9 Å². The number of hydrogen-bond acceptors (Lipinski definition) is 7. The molecule has 2 aromatic heterocycles. The van der Waals surface area contributed by atoms with Gasteiger partial charge < -0.3 is 14.0 Å². The first-order valence-corrected chi connectivity index (χ1v) is 8.52. The van der Waals surface area contributed by atoms with Crippen molar-refractivity contribution in [1.82, 2.24) is 20.0 Å². The van der Waals surface area contributed by atoms with Crippen LogP contribution in [0.5, 0.6) is 5.88 Å². The summed E-state index contributed by atoms with van der Waals surface area (Å²) in [6.07, 6.45) is 6.09. The minimum absolute atomic E-state index is 0.220. The summed E-state index contributed by atoms with van der Waals surface area (Å²) in [6, 6.07) is 4.46. The van der Waals surface area contributed by atoms with E-state index in [2.05, 4.69) is 20.0 Å². The first-order chi connectivity index (χ1) is 11.8. The Hall–Kier alpha value is -1.99. The molecule has 7 nitrogen and oxygen atoms in total. The summed E-state index contributed by atoms with van der Waals surface area (Å²) in [4.78, 5) is 11.3. The van der Waals surface area contributed by atoms with Crippen LogP contribution in [0.2, 0.25) is 0 Å². The molecule has 0 aliphatic carbocycles. The van der Waals surface area contributed by atoms with Crippen molar-refractivity contribution in [3.63, 3.8) is 0 Å². The van der Waals surface area contributed by atoms with E-state index in [1.807, 2.05) is 12.1 Å². The Labute approximate surface area is 141 Å². The summed E-state index contributed by atoms with van der Waals surface area (Å²) >= 11 is 0. The predicted octanol–water partition coefficient (Wildman–Crippen LogP) is 2.46. The molecule has 0 N–H and O–H groups in total. The Morgan fingerprint density at radius 2 is 2.12 bits per heavy atom. The molecule has 7 heteroatoms. The van der Waals surface area contributed by atoms with Crippen LogP contribution in [0.15, 0.2) is 22.9 Å². The normalized spacial score (nSPS) is 22.8. The largest absolute Gasteiger partial charge is 0.481 e. The first-order valence-electron chi connectivity index (χ1n) is 8.52. The number of pyridine rings is 1. The van der Waals surface area contributed by atoms with Crippen molar-refractivity contribution in [3.8, 4) is 17.3 Å². The maximum atomic E-state index is 5.60. The molecule has 0 aromatic carbocycles. The lowest BCUT2D eigenvalue weighted by molar-refractivity contribution is 0.0243. The molecule has 1 atom stereocenters. The standard InChI is InChI=1S/C17H22N4O3/c1-22-15-11-12(4-7-18-15)16-19-17(24-20-16)14-3-2-8-21(14)13-5-9-23-10-6-13/h4,7,11,13-14H,2-3,5-6,8-10H2,1H3/t14-/m0/s1. The van der Waals surface area contributed by atoms with Gasteiger partial charge in [0.2, 0.25) is 17.6 Å². The molecule has 2 aromatic rings. The van der Waals surface area contributed by atoms with Crippen molar-refractivity contribution in [3.05, 3.63) is 24.2 Å². The number of rotatable bonds is 4. The van der Waals surface area contributed by atoms with Crippen molar-refractivity contribution < 1.29 is 14.0 Å². The zero-order valence-corrected chi connectivity index (χ0v) is 13.9. The van der Waals surface area contributed by atoms with Gasteiger partial charge in [-0.15, -0.1) is 0 Å². The molecule has 0 bridgehead atoms. The van der Waals surface area contributed by atoms with Crippen LogP contribution < -0.4 is 4.74 Å². The Morgan fingerprint density at radius 1 is 1.25 bits per heavy atom. The number of nitrogens with zero attached hydrogens (tertiary/aromatic N) is 4. The Bertz CT molecular complexity index is 684. The summed E-state index contributed by atoms with van der Waals surface area (Å²) in [7, 11) is 1.60. The van der Waals surface area contributed by atoms with Gasteiger partial charge >= 0.3 is 0 Å². The van der Waals surface area contributed by atoms with E-state index in [1.54, 1.807) is 13.3 Å². The van der Waals surface area contributed by atoms with E-state index in [1.165, 1.54) is 6.42 Å². The Morgan fingerprint density at radius 3 is 2.96 bits per heavy atom. The summed E-state index contributed by atoms with van der Waals surface area (Å²) in [5, 5.41) is 4.17. The molecule has 0 saturated carbocycles. The highest BCUT2D eigenvalue weighted by molar-refractivity contribution is 5.55. The fourth-order valence-electron chi connectivity index (χ4n) is 3.66. The van der Waals surface area contributed by atoms with Gasteiger partial charge in [-0.05, 0) is 38.3 Å². The van der Waals surface area contributed by atoms with Crippen LogP contribution in [-0.2, 0) is 4.74 Å². The molecule has 24 heavy (non-hydrogen) atoms. The van der Waals surface area contributed by atoms with Crippen LogP contribution in [0.1, 0.15) is 37.6 Å². The van der Waals surface area contributed by atoms with Gasteiger partial charge in [-0.1, -0.05) is 5.16 Å². The number of methoxy groups -OCH3 is 1. The number of hydrogen-bond donors (Lipinski definition) is 0. The van der Waals surface area contributed by atoms with Crippen LogP contribution in [0.4, 0.5) is 0 Å². The second-order valence-corrected chi connectivity index (χ2v) is 6.28. The highest BCUT2D eigenvalue weighted by Crippen LogP contribution is 2.36. The first kappa shape index (κ1) is 15.5. The molecule has 2 fully saturated rings. The third-order valence-corrected chi connectivity index (χ3v) is 4.88. The van der Waals surface area contributed by atoms with E-state index in [0.29, 0.717) is 23.6 Å². The van der Waals surface area contributed by atoms with Crippen LogP contribution in [0, 0.1) is 0 Å². The summed E-state index contributed by atoms with van der Waals surface area (Å²) in [5.41, 5.74) is 0.854. The van der Waals surface area contributed by atoms with Gasteiger partial charge in [-0.3, -0.25) is 4.90 Å². The minimum Gasteiger partial charge on any atom is -0.481 e. The molecule has 0 unspecified atom stereocenters. The van der Waals surface area contributed by atoms with E-state index in [0.717, 1.165) is 44.6 Å². The molecular weight excluding hydrogens is 308 g/mol. The van der Waals surface area contributed by atoms with E-state index in [9.17, 15) is 0 Å². The van der Waals surface area contributed by atoms with E-state index in [-0.39, 0.29) is 6.04 Å². The van der Waals surface area contributed by atoms with Crippen molar-refractivity contribution in [2.45, 2.75) is 37.8 Å². The maximum absolute atomic E-state index is 5.60. The molecule has 2 aliphatic heterocycles. The Balaban J connectivity index is 1.55. The van der Waals surface area contributed by atoms with Gasteiger partial charge in [0.15, 0.2) is 0 Å². The zero-order chi connectivity index (χ0) is 16.4. The SMILES string of the molecule is COc1cc(-c2noc([C@@H]3CCCN3C3CCOCC3)n2)ccn1. The molecule has 0 amide bonds. The van der Waals surface area contributed by atoms with Crippen molar-refractivity contribution in [1.29, 1.82) is 0 Å². The van der Waals surface area contributed by atoms with Crippen LogP contribution >= 0.6 is 0 Å². The lowest BCUT2D eigenvalue weighted by Crippen LogP contribution is -2.39. The number of likely N-dealkylation sites (tertiary alicyclic amines) is 1. The molecule has 0 radical (unpaired) electrons. The molecule has 2 aliphatic rings. The maximum Gasteiger partial charge on any atom is 0.244 e. The summed E-state index contributed by atoms with van der Waals surface area (Å²) in [6.45, 7) is 2.79. The molecule has 2 saturated heterocycles. The molecule has 4 rings (SSSR count). The zero-order valence-electron chi connectivity index (χ0n) is 13.9. The van der Waals surface area contributed by atoms with Crippen molar-refractivity contribution >= 4 is 0 Å². The van der Waals surface area contributed by atoms with Gasteiger partial charge in [0.1, 0.15) is 0 Å². The fraction of sp³-hybridized carbons (Fsp3) is 0.588. The Kier molecular flexibility index (Phi) is 4.44. The second-order valence-electron chi connectivity index (χ2n) is 6.28. The van der Waals surface area contributed by atoms with Gasteiger partial charge in [0.05, 0.1) is 13.2 Å². The highest BCUT2D eigenvalue weighted by atomic mass is 16.5. The van der Waals surface area contributed by atoms with Crippen LogP contribution in [0.3, 0.4) is 0 Å². The van der Waals surface area contributed by atoms with Crippen LogP contribution in [0.25, 0.3) is 11.4 Å². The summed E-state index contributed by atoms with van der Waals surface area (Å²) in [5.74, 6) is 1.85. The monoisotopic (exact) mass is 330 g/mol. The lowest BCUT2D eigenvalue weighted by Gasteiger charge is -2.33. The average molecular weight is 330 g/mol. The number of ether oxygens (including phenoxy) is 2. The van der Waals surface area contributed by atoms with E-state index >= 15 is 0 Å². The van der Waals surface area contributed by atoms with Gasteiger partial charge in [-0.2, -0.15) is 4.98 Å². The number of aromatic nitrogens is 3. The third kappa shape index (κ3) is 3.01. The quantitative estimate of drug-likeness (QED) is 0.852. The average Bonchev–Trinajstić information content (AvgIpc) is 3.31. The molecule has 128 valence electrons. The smallest absolute Gasteiger partial charge is 0.244 e. The molecule has 0 spiro atoms. The van der Waals surface area contributed by atoms with Gasteiger partial charge in [0, 0.05) is 37.1 Å². The molecular formula is C17H22N4O3. The predicted molar refractivity (Wildman–Crippen MR) is 86.6 cm³/mol. The van der Waals surface area contributed by atoms with Crippen LogP contribution in [-0.4, -0.2) is 52.9 Å². The van der Waals surface area contributed by atoms with E-state index in [4.69, 9.17) is 14.0 Å². The third-order valence-electron chi connectivity index (χ3n) is 4.88. The topological polar surface area (TPSA) is 73.5 Å². The van der Waals surface area contributed by atoms with Crippen molar-refractivity contribution in [2.24, 2.45) is 0 Å².